The van der Waals surface area contributed by atoms with Gasteiger partial charge in [-0.05, 0) is 18.3 Å². The molecule has 90 valence electrons. The minimum absolute atomic E-state index is 0.0139. The second kappa shape index (κ2) is 5.00. The van der Waals surface area contributed by atoms with Crippen molar-refractivity contribution in [3.63, 3.8) is 0 Å². The summed E-state index contributed by atoms with van der Waals surface area (Å²) in [4.78, 5) is 11.1. The zero-order chi connectivity index (χ0) is 12.3. The quantitative estimate of drug-likeness (QED) is 0.665. The van der Waals surface area contributed by atoms with Gasteiger partial charge in [0, 0.05) is 12.3 Å². The van der Waals surface area contributed by atoms with Crippen molar-refractivity contribution in [1.82, 2.24) is 0 Å². The highest BCUT2D eigenvalue weighted by atomic mass is 16.5. The van der Waals surface area contributed by atoms with Crippen LogP contribution in [-0.2, 0) is 9.53 Å². The zero-order valence-corrected chi connectivity index (χ0v) is 11.3. The van der Waals surface area contributed by atoms with E-state index in [1.54, 1.807) is 0 Å². The fourth-order valence-electron chi connectivity index (χ4n) is 1.46. The first kappa shape index (κ1) is 14.5. The van der Waals surface area contributed by atoms with Gasteiger partial charge in [-0.15, -0.1) is 0 Å². The normalized spacial score (nSPS) is 14.9. The molecule has 2 heteroatoms. The van der Waals surface area contributed by atoms with Crippen molar-refractivity contribution in [1.29, 1.82) is 0 Å². The van der Waals surface area contributed by atoms with Crippen molar-refractivity contribution >= 4 is 5.97 Å². The van der Waals surface area contributed by atoms with Gasteiger partial charge in [0.1, 0.15) is 6.10 Å². The van der Waals surface area contributed by atoms with Crippen LogP contribution in [0.3, 0.4) is 0 Å². The SMILES string of the molecule is CCC(C)(C)C(CC(C)(C)C)OC(C)=O. The zero-order valence-electron chi connectivity index (χ0n) is 11.3. The summed E-state index contributed by atoms with van der Waals surface area (Å²) in [6.45, 7) is 14.5. The third-order valence-corrected chi connectivity index (χ3v) is 2.89. The van der Waals surface area contributed by atoms with Gasteiger partial charge < -0.3 is 4.74 Å². The van der Waals surface area contributed by atoms with E-state index in [0.29, 0.717) is 0 Å². The van der Waals surface area contributed by atoms with Gasteiger partial charge in [-0.1, -0.05) is 41.5 Å². The molecule has 0 aromatic carbocycles. The fourth-order valence-corrected chi connectivity index (χ4v) is 1.46. The highest BCUT2D eigenvalue weighted by Crippen LogP contribution is 2.35. The van der Waals surface area contributed by atoms with Gasteiger partial charge >= 0.3 is 5.97 Å². The van der Waals surface area contributed by atoms with Crippen molar-refractivity contribution in [3.05, 3.63) is 0 Å². The molecule has 0 amide bonds. The van der Waals surface area contributed by atoms with Crippen LogP contribution >= 0.6 is 0 Å². The summed E-state index contributed by atoms with van der Waals surface area (Å²) in [7, 11) is 0. The van der Waals surface area contributed by atoms with Crippen LogP contribution < -0.4 is 0 Å². The molecule has 0 aliphatic heterocycles. The number of carbonyl (C=O) groups excluding carboxylic acids is 1. The van der Waals surface area contributed by atoms with Crippen molar-refractivity contribution in [2.75, 3.05) is 0 Å². The molecule has 0 bridgehead atoms. The topological polar surface area (TPSA) is 26.3 Å². The summed E-state index contributed by atoms with van der Waals surface area (Å²) < 4.78 is 5.44. The van der Waals surface area contributed by atoms with Gasteiger partial charge in [-0.2, -0.15) is 0 Å². The van der Waals surface area contributed by atoms with Gasteiger partial charge in [0.15, 0.2) is 0 Å². The van der Waals surface area contributed by atoms with E-state index in [0.717, 1.165) is 12.8 Å². The standard InChI is InChI=1S/C13H26O2/c1-8-13(6,7)11(15-10(2)14)9-12(3,4)5/h11H,8-9H2,1-7H3. The molecule has 0 saturated heterocycles. The number of esters is 1. The Kier molecular flexibility index (Phi) is 4.82. The Morgan fingerprint density at radius 1 is 1.20 bits per heavy atom. The number of hydrogen-bond donors (Lipinski definition) is 0. The maximum atomic E-state index is 11.1. The van der Waals surface area contributed by atoms with Gasteiger partial charge in [-0.25, -0.2) is 0 Å². The second-order valence-electron chi connectivity index (χ2n) is 6.20. The third kappa shape index (κ3) is 5.81. The van der Waals surface area contributed by atoms with E-state index in [4.69, 9.17) is 4.74 Å². The molecule has 15 heavy (non-hydrogen) atoms. The molecule has 0 aliphatic carbocycles. The summed E-state index contributed by atoms with van der Waals surface area (Å²) >= 11 is 0. The maximum absolute atomic E-state index is 11.1. The monoisotopic (exact) mass is 214 g/mol. The molecular formula is C13H26O2. The van der Waals surface area contributed by atoms with Crippen LogP contribution in [0.15, 0.2) is 0 Å². The molecule has 0 N–H and O–H groups in total. The highest BCUT2D eigenvalue weighted by Gasteiger charge is 2.33. The minimum Gasteiger partial charge on any atom is -0.462 e. The van der Waals surface area contributed by atoms with E-state index in [9.17, 15) is 4.79 Å². The van der Waals surface area contributed by atoms with Crippen molar-refractivity contribution in [2.45, 2.75) is 67.4 Å². The van der Waals surface area contributed by atoms with Crippen LogP contribution in [0.5, 0.6) is 0 Å². The Hall–Kier alpha value is -0.530. The molecule has 0 fully saturated rings. The van der Waals surface area contributed by atoms with E-state index >= 15 is 0 Å². The van der Waals surface area contributed by atoms with Crippen molar-refractivity contribution in [2.24, 2.45) is 10.8 Å². The largest absolute Gasteiger partial charge is 0.462 e. The lowest BCUT2D eigenvalue weighted by molar-refractivity contribution is -0.154. The second-order valence-corrected chi connectivity index (χ2v) is 6.20. The van der Waals surface area contributed by atoms with Crippen LogP contribution in [0.4, 0.5) is 0 Å². The first-order chi connectivity index (χ1) is 6.58. The number of ether oxygens (including phenoxy) is 1. The predicted octanol–water partition coefficient (Wildman–Crippen LogP) is 3.79. The first-order valence-electron chi connectivity index (χ1n) is 5.76. The van der Waals surface area contributed by atoms with E-state index in [2.05, 4.69) is 41.5 Å². The Balaban J connectivity index is 4.66. The van der Waals surface area contributed by atoms with Crippen LogP contribution in [0.2, 0.25) is 0 Å². The van der Waals surface area contributed by atoms with Gasteiger partial charge in [0.2, 0.25) is 0 Å². The van der Waals surface area contributed by atoms with E-state index in [1.807, 2.05) is 0 Å². The molecule has 0 heterocycles. The summed E-state index contributed by atoms with van der Waals surface area (Å²) in [6, 6.07) is 0. The molecule has 0 radical (unpaired) electrons. The molecule has 0 spiro atoms. The smallest absolute Gasteiger partial charge is 0.302 e. The molecule has 0 aliphatic rings. The lowest BCUT2D eigenvalue weighted by Crippen LogP contribution is -2.36. The lowest BCUT2D eigenvalue weighted by Gasteiger charge is -2.36. The number of hydrogen-bond acceptors (Lipinski definition) is 2. The van der Waals surface area contributed by atoms with Crippen LogP contribution in [-0.4, -0.2) is 12.1 Å². The molecule has 0 aromatic rings. The molecule has 0 rings (SSSR count). The molecule has 0 saturated carbocycles. The number of carbonyl (C=O) groups is 1. The first-order valence-corrected chi connectivity index (χ1v) is 5.76. The highest BCUT2D eigenvalue weighted by molar-refractivity contribution is 5.66. The van der Waals surface area contributed by atoms with Crippen LogP contribution in [0, 0.1) is 10.8 Å². The summed E-state index contributed by atoms with van der Waals surface area (Å²) in [5.41, 5.74) is 0.242. The van der Waals surface area contributed by atoms with Crippen LogP contribution in [0.25, 0.3) is 0 Å². The number of rotatable bonds is 4. The van der Waals surface area contributed by atoms with Crippen LogP contribution in [0.1, 0.15) is 61.3 Å². The van der Waals surface area contributed by atoms with E-state index < -0.39 is 0 Å². The summed E-state index contributed by atoms with van der Waals surface area (Å²) in [6.07, 6.45) is 1.94. The Morgan fingerprint density at radius 3 is 1.93 bits per heavy atom. The Morgan fingerprint density at radius 2 is 1.67 bits per heavy atom. The average molecular weight is 214 g/mol. The van der Waals surface area contributed by atoms with Crippen molar-refractivity contribution < 1.29 is 9.53 Å². The van der Waals surface area contributed by atoms with Gasteiger partial charge in [0.05, 0.1) is 0 Å². The maximum Gasteiger partial charge on any atom is 0.302 e. The predicted molar refractivity (Wildman–Crippen MR) is 63.7 cm³/mol. The minimum atomic E-state index is -0.175. The average Bonchev–Trinajstić information content (AvgIpc) is 1.99. The molecular weight excluding hydrogens is 188 g/mol. The fraction of sp³-hybridized carbons (Fsp3) is 0.923. The van der Waals surface area contributed by atoms with E-state index in [1.165, 1.54) is 6.92 Å². The molecule has 1 unspecified atom stereocenters. The summed E-state index contributed by atoms with van der Waals surface area (Å²) in [5, 5.41) is 0. The van der Waals surface area contributed by atoms with Gasteiger partial charge in [0.25, 0.3) is 0 Å². The van der Waals surface area contributed by atoms with Gasteiger partial charge in [-0.3, -0.25) is 4.79 Å². The molecule has 2 nitrogen and oxygen atoms in total. The Bertz CT molecular complexity index is 211. The van der Waals surface area contributed by atoms with Crippen molar-refractivity contribution in [3.8, 4) is 0 Å². The summed E-state index contributed by atoms with van der Waals surface area (Å²) in [5.74, 6) is -0.175. The van der Waals surface area contributed by atoms with E-state index in [-0.39, 0.29) is 22.9 Å². The molecule has 0 aromatic heterocycles. The lowest BCUT2D eigenvalue weighted by atomic mass is 9.76. The Labute approximate surface area is 94.4 Å². The molecule has 1 atom stereocenters. The third-order valence-electron chi connectivity index (χ3n) is 2.89.